The van der Waals surface area contributed by atoms with E-state index in [-0.39, 0.29) is 33.9 Å². The molecule has 0 bridgehead atoms. The molecule has 1 atom stereocenters. The van der Waals surface area contributed by atoms with Gasteiger partial charge in [0, 0.05) is 24.2 Å². The molecule has 1 aromatic heterocycles. The van der Waals surface area contributed by atoms with Gasteiger partial charge in [0.25, 0.3) is 11.6 Å². The highest BCUT2D eigenvalue weighted by molar-refractivity contribution is 6.33. The first-order valence-corrected chi connectivity index (χ1v) is 7.87. The molecule has 8 nitrogen and oxygen atoms in total. The molecule has 3 rings (SSSR count). The predicted molar refractivity (Wildman–Crippen MR) is 89.9 cm³/mol. The second-order valence-corrected chi connectivity index (χ2v) is 6.28. The van der Waals surface area contributed by atoms with E-state index in [1.807, 2.05) is 6.92 Å². The average Bonchev–Trinajstić information content (AvgIpc) is 2.53. The number of ketones is 1. The number of aromatic nitrogens is 2. The maximum Gasteiger partial charge on any atom is 0.287 e. The lowest BCUT2D eigenvalue weighted by molar-refractivity contribution is -0.384. The minimum Gasteiger partial charge on any atom is -0.294 e. The molecule has 0 saturated heterocycles. The molecule has 1 N–H and O–H groups in total. The van der Waals surface area contributed by atoms with Crippen LogP contribution in [0.3, 0.4) is 0 Å². The summed E-state index contributed by atoms with van der Waals surface area (Å²) in [6.45, 7) is 1.96. The van der Waals surface area contributed by atoms with Crippen molar-refractivity contribution in [2.24, 2.45) is 5.92 Å². The van der Waals surface area contributed by atoms with E-state index >= 15 is 0 Å². The summed E-state index contributed by atoms with van der Waals surface area (Å²) in [4.78, 5) is 42.6. The van der Waals surface area contributed by atoms with E-state index in [2.05, 4.69) is 15.3 Å². The number of amides is 1. The van der Waals surface area contributed by atoms with Gasteiger partial charge in [0.05, 0.1) is 16.2 Å². The zero-order chi connectivity index (χ0) is 18.1. The Morgan fingerprint density at radius 3 is 2.84 bits per heavy atom. The van der Waals surface area contributed by atoms with E-state index in [4.69, 9.17) is 11.6 Å². The highest BCUT2D eigenvalue weighted by Crippen LogP contribution is 2.26. The van der Waals surface area contributed by atoms with Crippen molar-refractivity contribution in [1.29, 1.82) is 0 Å². The van der Waals surface area contributed by atoms with Crippen LogP contribution in [-0.2, 0) is 6.42 Å². The number of carbonyl (C=O) groups is 2. The average molecular weight is 361 g/mol. The van der Waals surface area contributed by atoms with Crippen LogP contribution in [0, 0.1) is 16.0 Å². The van der Waals surface area contributed by atoms with Crippen molar-refractivity contribution in [3.05, 3.63) is 56.4 Å². The standard InChI is InChI=1S/C16H13ClN4O4/c1-8-4-12-10(14(22)5-8)7-18-16(19-12)20-15(23)9-2-3-13(21(24)25)11(17)6-9/h2-3,6-8H,4-5H2,1H3,(H,18,19,20,23)/t8-/m1/s1. The number of hydrogen-bond donors (Lipinski definition) is 1. The maximum absolute atomic E-state index is 12.3. The molecule has 128 valence electrons. The predicted octanol–water partition coefficient (Wildman–Crippen LogP) is 3.06. The lowest BCUT2D eigenvalue weighted by Crippen LogP contribution is -2.22. The number of anilines is 1. The van der Waals surface area contributed by atoms with Crippen molar-refractivity contribution in [2.45, 2.75) is 19.8 Å². The number of hydrogen-bond acceptors (Lipinski definition) is 6. The zero-order valence-corrected chi connectivity index (χ0v) is 13.9. The number of fused-ring (bicyclic) bond motifs is 1. The Balaban J connectivity index is 1.82. The monoisotopic (exact) mass is 360 g/mol. The highest BCUT2D eigenvalue weighted by atomic mass is 35.5. The van der Waals surface area contributed by atoms with E-state index in [0.717, 1.165) is 6.07 Å². The number of carbonyl (C=O) groups excluding carboxylic acids is 2. The number of halogens is 1. The van der Waals surface area contributed by atoms with E-state index in [9.17, 15) is 19.7 Å². The molecule has 2 aromatic rings. The number of nitrogens with zero attached hydrogens (tertiary/aromatic N) is 3. The first-order chi connectivity index (χ1) is 11.8. The van der Waals surface area contributed by atoms with Gasteiger partial charge in [-0.15, -0.1) is 0 Å². The molecule has 0 radical (unpaired) electrons. The molecule has 0 saturated carbocycles. The van der Waals surface area contributed by atoms with Gasteiger partial charge in [-0.3, -0.25) is 25.0 Å². The summed E-state index contributed by atoms with van der Waals surface area (Å²) >= 11 is 5.81. The fourth-order valence-corrected chi connectivity index (χ4v) is 2.91. The van der Waals surface area contributed by atoms with Gasteiger partial charge in [-0.25, -0.2) is 9.97 Å². The number of benzene rings is 1. The second-order valence-electron chi connectivity index (χ2n) is 5.87. The molecule has 0 fully saturated rings. The van der Waals surface area contributed by atoms with Gasteiger partial charge in [-0.1, -0.05) is 18.5 Å². The topological polar surface area (TPSA) is 115 Å². The Bertz CT molecular complexity index is 900. The molecule has 1 aromatic carbocycles. The third-order valence-corrected chi connectivity index (χ3v) is 4.18. The molecule has 0 aliphatic heterocycles. The normalized spacial score (nSPS) is 16.2. The first kappa shape index (κ1) is 17.0. The Hall–Kier alpha value is -2.87. The number of Topliss-reactive ketones (excluding diaryl/α,β-unsaturated/α-hetero) is 1. The maximum atomic E-state index is 12.3. The van der Waals surface area contributed by atoms with Crippen molar-refractivity contribution >= 4 is 34.9 Å². The van der Waals surface area contributed by atoms with Crippen LogP contribution >= 0.6 is 11.6 Å². The summed E-state index contributed by atoms with van der Waals surface area (Å²) in [5.74, 6) is -0.298. The van der Waals surface area contributed by atoms with Crippen molar-refractivity contribution in [1.82, 2.24) is 9.97 Å². The third kappa shape index (κ3) is 3.48. The smallest absolute Gasteiger partial charge is 0.287 e. The fraction of sp³-hybridized carbons (Fsp3) is 0.250. The van der Waals surface area contributed by atoms with E-state index < -0.39 is 10.8 Å². The number of nitro groups is 1. The van der Waals surface area contributed by atoms with Crippen molar-refractivity contribution in [3.8, 4) is 0 Å². The molecule has 25 heavy (non-hydrogen) atoms. The lowest BCUT2D eigenvalue weighted by atomic mass is 9.88. The largest absolute Gasteiger partial charge is 0.294 e. The highest BCUT2D eigenvalue weighted by Gasteiger charge is 2.24. The molecular formula is C16H13ClN4O4. The number of nitrogens with one attached hydrogen (secondary N) is 1. The van der Waals surface area contributed by atoms with Gasteiger partial charge >= 0.3 is 0 Å². The van der Waals surface area contributed by atoms with E-state index in [1.54, 1.807) is 0 Å². The van der Waals surface area contributed by atoms with Gasteiger partial charge in [-0.05, 0) is 24.5 Å². The van der Waals surface area contributed by atoms with Crippen LogP contribution in [0.15, 0.2) is 24.4 Å². The van der Waals surface area contributed by atoms with E-state index in [1.165, 1.54) is 18.3 Å². The van der Waals surface area contributed by atoms with Crippen LogP contribution in [0.25, 0.3) is 0 Å². The minimum absolute atomic E-state index is 0.00576. The summed E-state index contributed by atoms with van der Waals surface area (Å²) < 4.78 is 0. The van der Waals surface area contributed by atoms with Gasteiger partial charge < -0.3 is 0 Å². The zero-order valence-electron chi connectivity index (χ0n) is 13.2. The molecule has 1 heterocycles. The number of nitro benzene ring substituents is 1. The van der Waals surface area contributed by atoms with E-state index in [0.29, 0.717) is 24.1 Å². The third-order valence-electron chi connectivity index (χ3n) is 3.88. The quantitative estimate of drug-likeness (QED) is 0.664. The minimum atomic E-state index is -0.630. The van der Waals surface area contributed by atoms with Crippen LogP contribution in [0.2, 0.25) is 5.02 Å². The van der Waals surface area contributed by atoms with Crippen molar-refractivity contribution < 1.29 is 14.5 Å². The van der Waals surface area contributed by atoms with Gasteiger partial charge in [0.2, 0.25) is 5.95 Å². The molecule has 0 spiro atoms. The Kier molecular flexibility index (Phi) is 4.45. The summed E-state index contributed by atoms with van der Waals surface area (Å²) in [7, 11) is 0. The molecule has 9 heteroatoms. The fourth-order valence-electron chi connectivity index (χ4n) is 2.66. The van der Waals surface area contributed by atoms with Gasteiger partial charge in [-0.2, -0.15) is 0 Å². The summed E-state index contributed by atoms with van der Waals surface area (Å²) in [6, 6.07) is 3.66. The summed E-state index contributed by atoms with van der Waals surface area (Å²) in [5, 5.41) is 13.1. The first-order valence-electron chi connectivity index (χ1n) is 7.49. The molecule has 1 amide bonds. The lowest BCUT2D eigenvalue weighted by Gasteiger charge is -2.19. The molecule has 1 aliphatic rings. The van der Waals surface area contributed by atoms with Crippen LogP contribution < -0.4 is 5.32 Å². The summed E-state index contributed by atoms with van der Waals surface area (Å²) in [5.41, 5.74) is 0.947. The molecule has 1 aliphatic carbocycles. The van der Waals surface area contributed by atoms with Gasteiger partial charge in [0.1, 0.15) is 5.02 Å². The Morgan fingerprint density at radius 1 is 1.40 bits per heavy atom. The second kappa shape index (κ2) is 6.56. The Morgan fingerprint density at radius 2 is 2.16 bits per heavy atom. The molecular weight excluding hydrogens is 348 g/mol. The van der Waals surface area contributed by atoms with Crippen LogP contribution in [-0.4, -0.2) is 26.6 Å². The van der Waals surface area contributed by atoms with Crippen LogP contribution in [0.5, 0.6) is 0 Å². The van der Waals surface area contributed by atoms with Gasteiger partial charge in [0.15, 0.2) is 5.78 Å². The molecule has 0 unspecified atom stereocenters. The van der Waals surface area contributed by atoms with Crippen LogP contribution in [0.1, 0.15) is 39.8 Å². The van der Waals surface area contributed by atoms with Crippen molar-refractivity contribution in [3.63, 3.8) is 0 Å². The Labute approximate surface area is 147 Å². The number of rotatable bonds is 3. The van der Waals surface area contributed by atoms with Crippen molar-refractivity contribution in [2.75, 3.05) is 5.32 Å². The van der Waals surface area contributed by atoms with Crippen LogP contribution in [0.4, 0.5) is 11.6 Å². The SMILES string of the molecule is C[C@H]1CC(=O)c2cnc(NC(=O)c3ccc([N+](=O)[O-])c(Cl)c3)nc2C1. The summed E-state index contributed by atoms with van der Waals surface area (Å²) in [6.07, 6.45) is 2.51.